The van der Waals surface area contributed by atoms with Gasteiger partial charge in [-0.25, -0.2) is 0 Å². The van der Waals surface area contributed by atoms with Crippen LogP contribution in [0.5, 0.6) is 0 Å². The van der Waals surface area contributed by atoms with E-state index in [9.17, 15) is 0 Å². The highest BCUT2D eigenvalue weighted by Gasteiger charge is 2.66. The minimum absolute atomic E-state index is 0.555. The Morgan fingerprint density at radius 1 is 1.00 bits per heavy atom. The molecule has 3 atom stereocenters. The molecule has 4 aliphatic rings. The van der Waals surface area contributed by atoms with Gasteiger partial charge in [0.1, 0.15) is 0 Å². The first-order valence-electron chi connectivity index (χ1n) is 8.59. The summed E-state index contributed by atoms with van der Waals surface area (Å²) < 4.78 is 0. The van der Waals surface area contributed by atoms with E-state index < -0.39 is 0 Å². The highest BCUT2D eigenvalue weighted by Crippen LogP contribution is 2.61. The summed E-state index contributed by atoms with van der Waals surface area (Å²) in [5.74, 6) is 2.09. The van der Waals surface area contributed by atoms with Gasteiger partial charge in [-0.05, 0) is 71.6 Å². The van der Waals surface area contributed by atoms with Crippen LogP contribution in [0.3, 0.4) is 0 Å². The normalized spacial score (nSPS) is 49.6. The molecule has 0 aromatic heterocycles. The Morgan fingerprint density at radius 3 is 2.26 bits per heavy atom. The van der Waals surface area contributed by atoms with Crippen molar-refractivity contribution in [1.82, 2.24) is 9.80 Å². The SMILES string of the molecule is CC(C)N1CC2CC2C1C12CCC(CC1)N2C(C)C. The van der Waals surface area contributed by atoms with Crippen LogP contribution < -0.4 is 0 Å². The highest BCUT2D eigenvalue weighted by atomic mass is 15.4. The zero-order valence-electron chi connectivity index (χ0n) is 13.1. The number of nitrogens with zero attached hydrogens (tertiary/aromatic N) is 2. The predicted molar refractivity (Wildman–Crippen MR) is 79.2 cm³/mol. The molecule has 3 heterocycles. The second kappa shape index (κ2) is 3.98. The van der Waals surface area contributed by atoms with Gasteiger partial charge in [0, 0.05) is 36.3 Å². The fourth-order valence-electron chi connectivity index (χ4n) is 6.12. The Morgan fingerprint density at radius 2 is 1.68 bits per heavy atom. The summed E-state index contributed by atoms with van der Waals surface area (Å²) in [6.07, 6.45) is 7.43. The minimum atomic E-state index is 0.555. The first-order valence-corrected chi connectivity index (χ1v) is 8.59. The Hall–Kier alpha value is -0.0800. The van der Waals surface area contributed by atoms with Crippen LogP contribution in [-0.4, -0.2) is 46.1 Å². The second-order valence-electron chi connectivity index (χ2n) is 8.23. The van der Waals surface area contributed by atoms with Crippen LogP contribution in [0.15, 0.2) is 0 Å². The number of rotatable bonds is 3. The van der Waals surface area contributed by atoms with Gasteiger partial charge in [0.15, 0.2) is 0 Å². The van der Waals surface area contributed by atoms with Crippen molar-refractivity contribution in [3.05, 3.63) is 0 Å². The van der Waals surface area contributed by atoms with E-state index in [2.05, 4.69) is 37.5 Å². The maximum atomic E-state index is 2.95. The van der Waals surface area contributed by atoms with Crippen LogP contribution in [0.2, 0.25) is 0 Å². The Balaban J connectivity index is 1.70. The van der Waals surface area contributed by atoms with Crippen molar-refractivity contribution in [2.75, 3.05) is 6.54 Å². The molecular formula is C17H30N2. The smallest absolute Gasteiger partial charge is 0.0374 e. The lowest BCUT2D eigenvalue weighted by Crippen LogP contribution is -2.60. The van der Waals surface area contributed by atoms with E-state index >= 15 is 0 Å². The number of fused-ring (bicyclic) bond motifs is 3. The molecule has 19 heavy (non-hydrogen) atoms. The summed E-state index contributed by atoms with van der Waals surface area (Å²) in [5.41, 5.74) is 0.555. The average Bonchev–Trinajstić information content (AvgIpc) is 2.77. The van der Waals surface area contributed by atoms with Crippen LogP contribution in [0, 0.1) is 11.8 Å². The van der Waals surface area contributed by atoms with Crippen molar-refractivity contribution in [3.63, 3.8) is 0 Å². The number of piperidine rings is 1. The molecule has 0 N–H and O–H groups in total. The predicted octanol–water partition coefficient (Wildman–Crippen LogP) is 3.12. The zero-order valence-corrected chi connectivity index (χ0v) is 13.1. The Labute approximate surface area is 118 Å². The molecule has 0 aromatic rings. The molecule has 1 aliphatic carbocycles. The van der Waals surface area contributed by atoms with Gasteiger partial charge in [-0.3, -0.25) is 9.80 Å². The van der Waals surface area contributed by atoms with Crippen molar-refractivity contribution in [3.8, 4) is 0 Å². The van der Waals surface area contributed by atoms with Gasteiger partial charge >= 0.3 is 0 Å². The molecule has 3 aliphatic heterocycles. The largest absolute Gasteiger partial charge is 0.296 e. The summed E-state index contributed by atoms with van der Waals surface area (Å²) >= 11 is 0. The fourth-order valence-corrected chi connectivity index (χ4v) is 6.12. The molecule has 0 spiro atoms. The van der Waals surface area contributed by atoms with Crippen LogP contribution in [0.1, 0.15) is 59.8 Å². The van der Waals surface area contributed by atoms with Gasteiger partial charge in [0.25, 0.3) is 0 Å². The van der Waals surface area contributed by atoms with E-state index in [1.165, 1.54) is 38.6 Å². The van der Waals surface area contributed by atoms with Gasteiger partial charge in [-0.1, -0.05) is 0 Å². The fraction of sp³-hybridized carbons (Fsp3) is 1.00. The molecule has 2 heteroatoms. The summed E-state index contributed by atoms with van der Waals surface area (Å²) in [5, 5.41) is 0. The average molecular weight is 262 g/mol. The summed E-state index contributed by atoms with van der Waals surface area (Å²) in [6.45, 7) is 11.1. The minimum Gasteiger partial charge on any atom is -0.296 e. The third kappa shape index (κ3) is 1.56. The highest BCUT2D eigenvalue weighted by molar-refractivity contribution is 5.21. The van der Waals surface area contributed by atoms with Crippen LogP contribution >= 0.6 is 0 Å². The Kier molecular flexibility index (Phi) is 2.65. The third-order valence-corrected chi connectivity index (χ3v) is 6.68. The van der Waals surface area contributed by atoms with Gasteiger partial charge in [0.2, 0.25) is 0 Å². The van der Waals surface area contributed by atoms with E-state index in [1.807, 2.05) is 0 Å². The first kappa shape index (κ1) is 12.6. The number of hydrogen-bond acceptors (Lipinski definition) is 2. The molecule has 2 bridgehead atoms. The van der Waals surface area contributed by atoms with Crippen molar-refractivity contribution in [2.24, 2.45) is 11.8 Å². The van der Waals surface area contributed by atoms with E-state index in [1.54, 1.807) is 0 Å². The van der Waals surface area contributed by atoms with E-state index in [4.69, 9.17) is 0 Å². The first-order chi connectivity index (χ1) is 9.04. The van der Waals surface area contributed by atoms with E-state index in [0.29, 0.717) is 5.54 Å². The number of hydrogen-bond donors (Lipinski definition) is 0. The van der Waals surface area contributed by atoms with Crippen molar-refractivity contribution < 1.29 is 0 Å². The van der Waals surface area contributed by atoms with Gasteiger partial charge in [-0.2, -0.15) is 0 Å². The van der Waals surface area contributed by atoms with Crippen LogP contribution in [-0.2, 0) is 0 Å². The van der Waals surface area contributed by atoms with Gasteiger partial charge in [-0.15, -0.1) is 0 Å². The summed E-state index contributed by atoms with van der Waals surface area (Å²) in [6, 6.07) is 3.27. The molecule has 4 rings (SSSR count). The molecule has 3 unspecified atom stereocenters. The molecule has 0 radical (unpaired) electrons. The lowest BCUT2D eigenvalue weighted by molar-refractivity contribution is 0.0101. The summed E-state index contributed by atoms with van der Waals surface area (Å²) in [7, 11) is 0. The lowest BCUT2D eigenvalue weighted by atomic mass is 9.78. The third-order valence-electron chi connectivity index (χ3n) is 6.68. The molecule has 0 aromatic carbocycles. The van der Waals surface area contributed by atoms with E-state index in [-0.39, 0.29) is 0 Å². The second-order valence-corrected chi connectivity index (χ2v) is 8.23. The van der Waals surface area contributed by atoms with Crippen LogP contribution in [0.25, 0.3) is 0 Å². The van der Waals surface area contributed by atoms with E-state index in [0.717, 1.165) is 36.0 Å². The topological polar surface area (TPSA) is 6.48 Å². The zero-order chi connectivity index (χ0) is 13.4. The maximum Gasteiger partial charge on any atom is 0.0374 e. The number of likely N-dealkylation sites (tertiary alicyclic amines) is 1. The summed E-state index contributed by atoms with van der Waals surface area (Å²) in [4.78, 5) is 5.83. The quantitative estimate of drug-likeness (QED) is 0.771. The molecule has 108 valence electrons. The molecule has 3 saturated heterocycles. The molecular weight excluding hydrogens is 232 g/mol. The van der Waals surface area contributed by atoms with Gasteiger partial charge < -0.3 is 0 Å². The lowest BCUT2D eigenvalue weighted by Gasteiger charge is -2.48. The van der Waals surface area contributed by atoms with Gasteiger partial charge in [0.05, 0.1) is 0 Å². The molecule has 4 fully saturated rings. The van der Waals surface area contributed by atoms with Crippen molar-refractivity contribution in [1.29, 1.82) is 0 Å². The standard InChI is InChI=1S/C17H30N2/c1-11(2)18-10-13-9-15(13)16(18)17-7-5-14(6-8-17)19(17)12(3)4/h11-16H,5-10H2,1-4H3. The van der Waals surface area contributed by atoms with Crippen molar-refractivity contribution >= 4 is 0 Å². The monoisotopic (exact) mass is 262 g/mol. The molecule has 2 nitrogen and oxygen atoms in total. The molecule has 0 amide bonds. The van der Waals surface area contributed by atoms with Crippen LogP contribution in [0.4, 0.5) is 0 Å². The Bertz CT molecular complexity index is 367. The molecule has 1 saturated carbocycles. The maximum absolute atomic E-state index is 2.95. The van der Waals surface area contributed by atoms with Crippen molar-refractivity contribution in [2.45, 2.75) is 89.5 Å².